The van der Waals surface area contributed by atoms with Gasteiger partial charge in [-0.3, -0.25) is 14.8 Å². The molecule has 1 unspecified atom stereocenters. The Hall–Kier alpha value is -4.45. The van der Waals surface area contributed by atoms with Gasteiger partial charge in [0.25, 0.3) is 18.2 Å². The van der Waals surface area contributed by atoms with E-state index in [2.05, 4.69) is 34.3 Å². The largest absolute Gasteiger partial charge is 0.351 e. The molecule has 9 nitrogen and oxygen atoms in total. The normalized spacial score (nSPS) is 12.6. The molecule has 2 aromatic carbocycles. The van der Waals surface area contributed by atoms with E-state index in [9.17, 15) is 23.2 Å². The number of hydroxylamine groups is 1. The number of amides is 4. The van der Waals surface area contributed by atoms with E-state index in [0.717, 1.165) is 6.92 Å². The van der Waals surface area contributed by atoms with Gasteiger partial charge in [0.05, 0.1) is 0 Å². The maximum Gasteiger partial charge on any atom is 0.316 e. The van der Waals surface area contributed by atoms with Gasteiger partial charge in [-0.2, -0.15) is 0 Å². The molecular weight excluding hydrogens is 448 g/mol. The van der Waals surface area contributed by atoms with Crippen LogP contribution in [-0.2, 0) is 4.79 Å². The first-order valence-corrected chi connectivity index (χ1v) is 9.65. The van der Waals surface area contributed by atoms with Gasteiger partial charge in [-0.05, 0) is 67.3 Å². The first-order valence-electron chi connectivity index (χ1n) is 9.65. The number of nitrogens with one attached hydrogen (secondary N) is 3. The van der Waals surface area contributed by atoms with Crippen molar-refractivity contribution < 1.29 is 28.4 Å². The van der Waals surface area contributed by atoms with Crippen LogP contribution in [0.15, 0.2) is 48.5 Å². The van der Waals surface area contributed by atoms with Crippen molar-refractivity contribution in [1.82, 2.24) is 10.8 Å². The molecule has 2 atom stereocenters. The van der Waals surface area contributed by atoms with E-state index in [1.54, 1.807) is 24.3 Å². The third-order valence-corrected chi connectivity index (χ3v) is 4.52. The zero-order valence-corrected chi connectivity index (χ0v) is 17.9. The van der Waals surface area contributed by atoms with Crippen LogP contribution in [0.2, 0.25) is 0 Å². The summed E-state index contributed by atoms with van der Waals surface area (Å²) in [5.74, 6) is 8.79. The maximum atomic E-state index is 13.2. The summed E-state index contributed by atoms with van der Waals surface area (Å²) in [7, 11) is 0. The smallest absolute Gasteiger partial charge is 0.316 e. The number of urea groups is 1. The van der Waals surface area contributed by atoms with Crippen molar-refractivity contribution in [2.45, 2.75) is 24.9 Å². The second kappa shape index (κ2) is 11.4. The summed E-state index contributed by atoms with van der Waals surface area (Å²) in [5.41, 5.74) is 11.1. The van der Waals surface area contributed by atoms with Gasteiger partial charge < -0.3 is 22.1 Å². The van der Waals surface area contributed by atoms with Crippen LogP contribution in [0, 0.1) is 23.7 Å². The Bertz CT molecular complexity index is 1170. The fourth-order valence-corrected chi connectivity index (χ4v) is 2.60. The summed E-state index contributed by atoms with van der Waals surface area (Å²) in [5, 5.41) is 13.3. The predicted octanol–water partition coefficient (Wildman–Crippen LogP) is 1.17. The monoisotopic (exact) mass is 469 g/mol. The molecule has 2 rings (SSSR count). The van der Waals surface area contributed by atoms with Crippen molar-refractivity contribution >= 4 is 23.5 Å². The summed E-state index contributed by atoms with van der Waals surface area (Å²) in [6, 6.07) is 9.83. The zero-order valence-electron chi connectivity index (χ0n) is 17.9. The number of rotatable bonds is 6. The average Bonchev–Trinajstić information content (AvgIpc) is 2.80. The lowest BCUT2D eigenvalue weighted by Crippen LogP contribution is -2.66. The minimum Gasteiger partial charge on any atom is -0.351 e. The van der Waals surface area contributed by atoms with Gasteiger partial charge in [0.1, 0.15) is 11.6 Å². The Morgan fingerprint density at radius 2 is 1.47 bits per heavy atom. The minimum absolute atomic E-state index is 0.0575. The number of carbonyl (C=O) groups is 3. The van der Waals surface area contributed by atoms with Crippen LogP contribution in [-0.4, -0.2) is 41.1 Å². The molecule has 0 saturated heterocycles. The van der Waals surface area contributed by atoms with E-state index in [-0.39, 0.29) is 5.56 Å². The second-order valence-corrected chi connectivity index (χ2v) is 7.19. The number of halogens is 2. The van der Waals surface area contributed by atoms with Gasteiger partial charge in [-0.25, -0.2) is 19.1 Å². The Morgan fingerprint density at radius 1 is 0.971 bits per heavy atom. The van der Waals surface area contributed by atoms with Crippen molar-refractivity contribution in [3.63, 3.8) is 0 Å². The molecule has 0 spiro atoms. The van der Waals surface area contributed by atoms with Crippen LogP contribution in [0.25, 0.3) is 0 Å². The molecule has 0 radical (unpaired) electrons. The van der Waals surface area contributed by atoms with E-state index in [1.807, 2.05) is 0 Å². The molecule has 0 aliphatic carbocycles. The van der Waals surface area contributed by atoms with E-state index in [1.165, 1.54) is 29.7 Å². The van der Waals surface area contributed by atoms with Crippen LogP contribution in [0.1, 0.15) is 28.4 Å². The standard InChI is InChI=1S/C23H21F2N5O4/c1-23(27,21(24)25)18(20(32)30-34)29-19(31)16-10-6-14(7-11-16)4-2-3-5-15-8-12-17(13-9-15)28-22(26)33/h6-13,18,21,34H,27H2,1H3,(H,29,31)(H,30,32)(H3,26,28,33)/t18-,23?/m1/s1. The van der Waals surface area contributed by atoms with Gasteiger partial charge in [0.2, 0.25) is 0 Å². The molecule has 34 heavy (non-hydrogen) atoms. The Kier molecular flexibility index (Phi) is 8.67. The lowest BCUT2D eigenvalue weighted by atomic mass is 9.92. The van der Waals surface area contributed by atoms with Gasteiger partial charge in [-0.15, -0.1) is 0 Å². The maximum absolute atomic E-state index is 13.2. The predicted molar refractivity (Wildman–Crippen MR) is 120 cm³/mol. The number of hydrogen-bond acceptors (Lipinski definition) is 5. The highest BCUT2D eigenvalue weighted by molar-refractivity contribution is 5.98. The zero-order chi connectivity index (χ0) is 25.3. The topological polar surface area (TPSA) is 160 Å². The molecule has 2 aromatic rings. The molecule has 0 aliphatic heterocycles. The van der Waals surface area contributed by atoms with Crippen molar-refractivity contribution in [2.24, 2.45) is 11.5 Å². The number of benzene rings is 2. The number of nitrogens with two attached hydrogens (primary N) is 2. The van der Waals surface area contributed by atoms with Crippen molar-refractivity contribution in [3.05, 3.63) is 65.2 Å². The van der Waals surface area contributed by atoms with Crippen LogP contribution in [0.3, 0.4) is 0 Å². The number of anilines is 1. The van der Waals surface area contributed by atoms with Crippen LogP contribution in [0.4, 0.5) is 19.3 Å². The first-order chi connectivity index (χ1) is 16.0. The van der Waals surface area contributed by atoms with Gasteiger partial charge in [0.15, 0.2) is 0 Å². The van der Waals surface area contributed by atoms with Crippen LogP contribution < -0.4 is 27.6 Å². The molecule has 0 fully saturated rings. The summed E-state index contributed by atoms with van der Waals surface area (Å²) in [6.07, 6.45) is -3.15. The van der Waals surface area contributed by atoms with Crippen molar-refractivity contribution in [1.29, 1.82) is 0 Å². The quantitative estimate of drug-likeness (QED) is 0.212. The van der Waals surface area contributed by atoms with E-state index in [0.29, 0.717) is 16.8 Å². The molecule has 0 saturated carbocycles. The lowest BCUT2D eigenvalue weighted by molar-refractivity contribution is -0.134. The first kappa shape index (κ1) is 25.8. The Balaban J connectivity index is 2.06. The SMILES string of the molecule is CC(N)(C(F)F)[C@H](NC(=O)c1ccc(C#CC#Cc2ccc(NC(N)=O)cc2)cc1)C(=O)NO. The molecule has 0 aliphatic rings. The van der Waals surface area contributed by atoms with Gasteiger partial charge in [-0.1, -0.05) is 11.8 Å². The highest BCUT2D eigenvalue weighted by Crippen LogP contribution is 2.18. The highest BCUT2D eigenvalue weighted by Gasteiger charge is 2.44. The Labute approximate surface area is 193 Å². The van der Waals surface area contributed by atoms with E-state index >= 15 is 0 Å². The van der Waals surface area contributed by atoms with E-state index < -0.39 is 35.9 Å². The third-order valence-electron chi connectivity index (χ3n) is 4.52. The molecule has 11 heteroatoms. The number of hydrogen-bond donors (Lipinski definition) is 6. The Morgan fingerprint density at radius 3 is 1.91 bits per heavy atom. The fourth-order valence-electron chi connectivity index (χ4n) is 2.60. The molecule has 176 valence electrons. The summed E-state index contributed by atoms with van der Waals surface area (Å²) in [6.45, 7) is 0.879. The molecular formula is C23H21F2N5O4. The van der Waals surface area contributed by atoms with Gasteiger partial charge in [0, 0.05) is 22.4 Å². The molecule has 0 bridgehead atoms. The minimum atomic E-state index is -3.15. The number of primary amides is 1. The molecule has 0 heterocycles. The van der Waals surface area contributed by atoms with Crippen molar-refractivity contribution in [2.75, 3.05) is 5.32 Å². The number of alkyl halides is 2. The van der Waals surface area contributed by atoms with E-state index in [4.69, 9.17) is 16.7 Å². The fraction of sp³-hybridized carbons (Fsp3) is 0.174. The lowest BCUT2D eigenvalue weighted by Gasteiger charge is -2.32. The summed E-state index contributed by atoms with van der Waals surface area (Å²) < 4.78 is 26.4. The van der Waals surface area contributed by atoms with Crippen LogP contribution in [0.5, 0.6) is 0 Å². The molecule has 8 N–H and O–H groups in total. The summed E-state index contributed by atoms with van der Waals surface area (Å²) in [4.78, 5) is 34.9. The number of carbonyl (C=O) groups excluding carboxylic acids is 3. The second-order valence-electron chi connectivity index (χ2n) is 7.19. The third kappa shape index (κ3) is 7.03. The van der Waals surface area contributed by atoms with Crippen LogP contribution >= 0.6 is 0 Å². The average molecular weight is 469 g/mol. The molecule has 4 amide bonds. The highest BCUT2D eigenvalue weighted by atomic mass is 19.3. The molecule has 0 aromatic heterocycles. The summed E-state index contributed by atoms with van der Waals surface area (Å²) >= 11 is 0. The van der Waals surface area contributed by atoms with Gasteiger partial charge >= 0.3 is 6.03 Å². The van der Waals surface area contributed by atoms with Crippen molar-refractivity contribution in [3.8, 4) is 23.7 Å².